The van der Waals surface area contributed by atoms with Gasteiger partial charge in [0.2, 0.25) is 5.91 Å². The van der Waals surface area contributed by atoms with Crippen LogP contribution in [0.1, 0.15) is 32.0 Å². The molecule has 3 aromatic carbocycles. The quantitative estimate of drug-likeness (QED) is 0.218. The molecule has 11 heteroatoms. The Hall–Kier alpha value is -3.23. The number of para-hydroxylation sites is 1. The molecule has 208 valence electrons. The second kappa shape index (κ2) is 12.5. The van der Waals surface area contributed by atoms with Crippen molar-refractivity contribution in [2.24, 2.45) is 0 Å². The Balaban J connectivity index is 1.62. The third kappa shape index (κ3) is 7.29. The van der Waals surface area contributed by atoms with Crippen LogP contribution >= 0.6 is 46.4 Å². The Morgan fingerprint density at radius 2 is 1.50 bits per heavy atom. The number of amides is 3. The third-order valence-corrected chi connectivity index (χ3v) is 7.29. The van der Waals surface area contributed by atoms with Crippen molar-refractivity contribution in [1.82, 2.24) is 14.7 Å². The minimum Gasteiger partial charge on any atom is -0.311 e. The fraction of sp³-hybridized carbons (Fsp3) is 0.207. The van der Waals surface area contributed by atoms with Crippen molar-refractivity contribution in [3.63, 3.8) is 0 Å². The van der Waals surface area contributed by atoms with Gasteiger partial charge in [-0.05, 0) is 35.9 Å². The molecule has 4 rings (SSSR count). The molecule has 0 atom stereocenters. The Morgan fingerprint density at radius 1 is 0.825 bits per heavy atom. The predicted octanol–water partition coefficient (Wildman–Crippen LogP) is 8.46. The van der Waals surface area contributed by atoms with Crippen LogP contribution in [0, 0.1) is 0 Å². The lowest BCUT2D eigenvalue weighted by molar-refractivity contribution is -0.116. The third-order valence-electron chi connectivity index (χ3n) is 5.93. The van der Waals surface area contributed by atoms with Crippen LogP contribution in [0.25, 0.3) is 5.69 Å². The van der Waals surface area contributed by atoms with E-state index < -0.39 is 11.9 Å². The summed E-state index contributed by atoms with van der Waals surface area (Å²) in [6, 6.07) is 20.6. The molecule has 0 fully saturated rings. The monoisotopic (exact) mass is 617 g/mol. The maximum absolute atomic E-state index is 13.4. The molecule has 3 amide bonds. The van der Waals surface area contributed by atoms with E-state index in [1.54, 1.807) is 47.1 Å². The van der Waals surface area contributed by atoms with E-state index in [2.05, 4.69) is 10.6 Å². The van der Waals surface area contributed by atoms with E-state index in [1.807, 2.05) is 51.1 Å². The first-order chi connectivity index (χ1) is 18.9. The Labute approximate surface area is 253 Å². The molecule has 0 saturated carbocycles. The van der Waals surface area contributed by atoms with Gasteiger partial charge in [0.1, 0.15) is 12.4 Å². The summed E-state index contributed by atoms with van der Waals surface area (Å²) in [7, 11) is 0. The number of benzene rings is 3. The highest BCUT2D eigenvalue weighted by Crippen LogP contribution is 2.31. The zero-order chi connectivity index (χ0) is 29.0. The second-order valence-electron chi connectivity index (χ2n) is 10.1. The molecule has 1 heterocycles. The van der Waals surface area contributed by atoms with Crippen LogP contribution in [0.5, 0.6) is 0 Å². The molecule has 4 aromatic rings. The number of hydrogen-bond donors (Lipinski definition) is 2. The van der Waals surface area contributed by atoms with Crippen LogP contribution in [0.4, 0.5) is 16.3 Å². The number of aromatic nitrogens is 2. The first-order valence-electron chi connectivity index (χ1n) is 12.3. The lowest BCUT2D eigenvalue weighted by Gasteiger charge is -2.23. The largest absolute Gasteiger partial charge is 0.322 e. The van der Waals surface area contributed by atoms with Gasteiger partial charge in [-0.2, -0.15) is 5.10 Å². The summed E-state index contributed by atoms with van der Waals surface area (Å²) in [5.41, 5.74) is 2.18. The Bertz CT molecular complexity index is 1510. The highest BCUT2D eigenvalue weighted by molar-refractivity contribution is 6.42. The lowest BCUT2D eigenvalue weighted by Crippen LogP contribution is -2.40. The summed E-state index contributed by atoms with van der Waals surface area (Å²) in [6.07, 6.45) is 0. The van der Waals surface area contributed by atoms with Gasteiger partial charge in [-0.1, -0.05) is 104 Å². The fourth-order valence-corrected chi connectivity index (χ4v) is 4.60. The van der Waals surface area contributed by atoms with Crippen molar-refractivity contribution in [3.05, 3.63) is 104 Å². The fourth-order valence-electron chi connectivity index (χ4n) is 3.81. The number of anilines is 2. The molecule has 0 unspecified atom stereocenters. The standard InChI is InChI=1S/C29H27Cl4N5O2/c1-29(2,3)24-15-25(38(36-24)19-12-13-20(30)23(33)14-19)34-26(39)17-37(16-18-8-5-4-6-9-18)28(40)35-27-21(31)10-7-11-22(27)32/h4-15H,16-17H2,1-3H3,(H,34,39)(H,35,40). The molecule has 7 nitrogen and oxygen atoms in total. The number of rotatable bonds is 7. The van der Waals surface area contributed by atoms with Crippen LogP contribution in [0.2, 0.25) is 20.1 Å². The smallest absolute Gasteiger partial charge is 0.311 e. The minimum absolute atomic E-state index is 0.168. The van der Waals surface area contributed by atoms with Crippen molar-refractivity contribution >= 4 is 69.8 Å². The van der Waals surface area contributed by atoms with E-state index in [-0.39, 0.29) is 34.2 Å². The molecule has 2 N–H and O–H groups in total. The molecule has 0 aliphatic rings. The first kappa shape index (κ1) is 29.7. The zero-order valence-corrected chi connectivity index (χ0v) is 25.0. The Kier molecular flexibility index (Phi) is 9.31. The van der Waals surface area contributed by atoms with Crippen molar-refractivity contribution in [2.75, 3.05) is 17.2 Å². The first-order valence-corrected chi connectivity index (χ1v) is 13.8. The van der Waals surface area contributed by atoms with E-state index in [0.717, 1.165) is 11.3 Å². The van der Waals surface area contributed by atoms with E-state index in [1.165, 1.54) is 4.90 Å². The van der Waals surface area contributed by atoms with Crippen LogP contribution in [0.15, 0.2) is 72.8 Å². The molecule has 40 heavy (non-hydrogen) atoms. The van der Waals surface area contributed by atoms with Crippen molar-refractivity contribution in [2.45, 2.75) is 32.7 Å². The van der Waals surface area contributed by atoms with Gasteiger partial charge >= 0.3 is 6.03 Å². The topological polar surface area (TPSA) is 79.3 Å². The van der Waals surface area contributed by atoms with E-state index in [4.69, 9.17) is 51.5 Å². The normalized spacial score (nSPS) is 11.3. The van der Waals surface area contributed by atoms with Crippen LogP contribution in [-0.4, -0.2) is 33.2 Å². The summed E-state index contributed by atoms with van der Waals surface area (Å²) in [5, 5.41) is 11.7. The molecule has 0 aliphatic carbocycles. The average Bonchev–Trinajstić information content (AvgIpc) is 3.32. The van der Waals surface area contributed by atoms with Crippen LogP contribution in [0.3, 0.4) is 0 Å². The molecule has 1 aromatic heterocycles. The van der Waals surface area contributed by atoms with Gasteiger partial charge in [-0.15, -0.1) is 0 Å². The summed E-state index contributed by atoms with van der Waals surface area (Å²) < 4.78 is 1.59. The maximum Gasteiger partial charge on any atom is 0.322 e. The van der Waals surface area contributed by atoms with Crippen LogP contribution < -0.4 is 10.6 Å². The number of urea groups is 1. The zero-order valence-electron chi connectivity index (χ0n) is 22.0. The van der Waals surface area contributed by atoms with Gasteiger partial charge in [-0.3, -0.25) is 4.79 Å². The number of nitrogens with zero attached hydrogens (tertiary/aromatic N) is 3. The lowest BCUT2D eigenvalue weighted by atomic mass is 9.92. The van der Waals surface area contributed by atoms with Crippen molar-refractivity contribution < 1.29 is 9.59 Å². The number of carbonyl (C=O) groups is 2. The molecular formula is C29H27Cl4N5O2. The summed E-state index contributed by atoms with van der Waals surface area (Å²) in [5.74, 6) is -0.0134. The highest BCUT2D eigenvalue weighted by atomic mass is 35.5. The Morgan fingerprint density at radius 3 is 2.12 bits per heavy atom. The molecule has 0 aliphatic heterocycles. The predicted molar refractivity (Wildman–Crippen MR) is 163 cm³/mol. The average molecular weight is 619 g/mol. The second-order valence-corrected chi connectivity index (χ2v) is 11.7. The highest BCUT2D eigenvalue weighted by Gasteiger charge is 2.24. The van der Waals surface area contributed by atoms with E-state index in [9.17, 15) is 9.59 Å². The maximum atomic E-state index is 13.4. The number of halogens is 4. The van der Waals surface area contributed by atoms with E-state index in [0.29, 0.717) is 21.6 Å². The molecule has 0 radical (unpaired) electrons. The van der Waals surface area contributed by atoms with Gasteiger partial charge in [0.05, 0.1) is 37.2 Å². The SMILES string of the molecule is CC(C)(C)c1cc(NC(=O)CN(Cc2ccccc2)C(=O)Nc2c(Cl)cccc2Cl)n(-c2ccc(Cl)c(Cl)c2)n1. The van der Waals surface area contributed by atoms with Gasteiger partial charge in [0.15, 0.2) is 0 Å². The molecule has 0 saturated heterocycles. The van der Waals surface area contributed by atoms with Gasteiger partial charge in [-0.25, -0.2) is 9.48 Å². The molecule has 0 spiro atoms. The van der Waals surface area contributed by atoms with Crippen LogP contribution in [-0.2, 0) is 16.8 Å². The number of nitrogens with one attached hydrogen (secondary N) is 2. The number of carbonyl (C=O) groups excluding carboxylic acids is 2. The summed E-state index contributed by atoms with van der Waals surface area (Å²) >= 11 is 24.9. The summed E-state index contributed by atoms with van der Waals surface area (Å²) in [4.78, 5) is 28.1. The van der Waals surface area contributed by atoms with E-state index >= 15 is 0 Å². The van der Waals surface area contributed by atoms with Gasteiger partial charge < -0.3 is 15.5 Å². The number of hydrogen-bond acceptors (Lipinski definition) is 3. The molecule has 0 bridgehead atoms. The van der Waals surface area contributed by atoms with Crippen molar-refractivity contribution in [1.29, 1.82) is 0 Å². The molecular weight excluding hydrogens is 592 g/mol. The van der Waals surface area contributed by atoms with Crippen molar-refractivity contribution in [3.8, 4) is 5.69 Å². The minimum atomic E-state index is -0.539. The van der Waals surface area contributed by atoms with Gasteiger partial charge in [0.25, 0.3) is 0 Å². The van der Waals surface area contributed by atoms with Gasteiger partial charge in [0, 0.05) is 18.0 Å². The summed E-state index contributed by atoms with van der Waals surface area (Å²) in [6.45, 7) is 5.96.